The minimum Gasteiger partial charge on any atom is -0.454 e. The molecular weight excluding hydrogens is 310 g/mol. The first-order valence-corrected chi connectivity index (χ1v) is 7.86. The van der Waals surface area contributed by atoms with E-state index in [1.165, 1.54) is 0 Å². The smallest absolute Gasteiger partial charge is 0.254 e. The van der Waals surface area contributed by atoms with E-state index in [2.05, 4.69) is 4.98 Å². The SMILES string of the molecule is COC[C@H]1Cc2c(ncn2C)CN1C(=O)c1ccc2c(c1)OCO2. The quantitative estimate of drug-likeness (QED) is 0.851. The van der Waals surface area contributed by atoms with Crippen molar-refractivity contribution in [3.05, 3.63) is 41.5 Å². The van der Waals surface area contributed by atoms with Crippen LogP contribution in [0.1, 0.15) is 21.7 Å². The zero-order valence-electron chi connectivity index (χ0n) is 13.7. The molecule has 0 aliphatic carbocycles. The van der Waals surface area contributed by atoms with Crippen LogP contribution in [0.15, 0.2) is 24.5 Å². The highest BCUT2D eigenvalue weighted by Crippen LogP contribution is 2.33. The van der Waals surface area contributed by atoms with Crippen LogP contribution in [0.4, 0.5) is 0 Å². The molecule has 2 aliphatic rings. The van der Waals surface area contributed by atoms with Crippen molar-refractivity contribution in [2.24, 2.45) is 7.05 Å². The Balaban J connectivity index is 1.64. The third-order valence-corrected chi connectivity index (χ3v) is 4.57. The Bertz CT molecular complexity index is 786. The van der Waals surface area contributed by atoms with Gasteiger partial charge in [-0.05, 0) is 18.2 Å². The Hall–Kier alpha value is -2.54. The molecule has 1 aromatic carbocycles. The summed E-state index contributed by atoms with van der Waals surface area (Å²) in [5, 5.41) is 0. The Kier molecular flexibility index (Phi) is 3.65. The van der Waals surface area contributed by atoms with Gasteiger partial charge in [-0.15, -0.1) is 0 Å². The lowest BCUT2D eigenvalue weighted by Gasteiger charge is -2.35. The molecule has 126 valence electrons. The Morgan fingerprint density at radius 3 is 3.04 bits per heavy atom. The van der Waals surface area contributed by atoms with Crippen LogP contribution >= 0.6 is 0 Å². The highest BCUT2D eigenvalue weighted by Gasteiger charge is 2.33. The summed E-state index contributed by atoms with van der Waals surface area (Å²) in [5.41, 5.74) is 2.69. The molecule has 0 N–H and O–H groups in total. The molecule has 0 saturated heterocycles. The number of nitrogens with zero attached hydrogens (tertiary/aromatic N) is 3. The van der Waals surface area contributed by atoms with E-state index in [-0.39, 0.29) is 18.7 Å². The fraction of sp³-hybridized carbons (Fsp3) is 0.412. The largest absolute Gasteiger partial charge is 0.454 e. The van der Waals surface area contributed by atoms with Gasteiger partial charge in [0.2, 0.25) is 6.79 Å². The number of hydrogen-bond acceptors (Lipinski definition) is 5. The summed E-state index contributed by atoms with van der Waals surface area (Å²) >= 11 is 0. The minimum atomic E-state index is -0.0494. The Labute approximate surface area is 139 Å². The molecule has 1 atom stereocenters. The van der Waals surface area contributed by atoms with Gasteiger partial charge in [0.15, 0.2) is 11.5 Å². The molecule has 2 aromatic rings. The van der Waals surface area contributed by atoms with Crippen LogP contribution in [0.25, 0.3) is 0 Å². The number of amides is 1. The second-order valence-electron chi connectivity index (χ2n) is 6.06. The zero-order valence-corrected chi connectivity index (χ0v) is 13.7. The van der Waals surface area contributed by atoms with Gasteiger partial charge in [0.05, 0.1) is 31.2 Å². The van der Waals surface area contributed by atoms with Gasteiger partial charge in [-0.2, -0.15) is 0 Å². The summed E-state index contributed by atoms with van der Waals surface area (Å²) < 4.78 is 18.0. The maximum Gasteiger partial charge on any atom is 0.254 e. The predicted molar refractivity (Wildman–Crippen MR) is 85.0 cm³/mol. The lowest BCUT2D eigenvalue weighted by atomic mass is 10.0. The van der Waals surface area contributed by atoms with E-state index in [0.29, 0.717) is 30.2 Å². The molecule has 7 nitrogen and oxygen atoms in total. The molecule has 0 unspecified atom stereocenters. The first kappa shape index (κ1) is 15.0. The van der Waals surface area contributed by atoms with Crippen LogP contribution in [-0.4, -0.2) is 46.9 Å². The summed E-state index contributed by atoms with van der Waals surface area (Å²) in [7, 11) is 3.63. The minimum absolute atomic E-state index is 0.0178. The monoisotopic (exact) mass is 329 g/mol. The fourth-order valence-electron chi connectivity index (χ4n) is 3.30. The standard InChI is InChI=1S/C17H19N3O4/c1-19-9-18-13-7-20(12(8-22-2)6-14(13)19)17(21)11-3-4-15-16(5-11)24-10-23-15/h3-5,9,12H,6-8,10H2,1-2H3/t12-/m1/s1. The van der Waals surface area contributed by atoms with Crippen molar-refractivity contribution in [2.45, 2.75) is 19.0 Å². The average molecular weight is 329 g/mol. The highest BCUT2D eigenvalue weighted by atomic mass is 16.7. The Morgan fingerprint density at radius 2 is 2.21 bits per heavy atom. The molecule has 0 radical (unpaired) electrons. The van der Waals surface area contributed by atoms with Crippen molar-refractivity contribution in [3.8, 4) is 11.5 Å². The van der Waals surface area contributed by atoms with Gasteiger partial charge in [0, 0.05) is 31.8 Å². The van der Waals surface area contributed by atoms with Crippen LogP contribution in [0, 0.1) is 0 Å². The van der Waals surface area contributed by atoms with Crippen LogP contribution in [0.3, 0.4) is 0 Å². The predicted octanol–water partition coefficient (Wildman–Crippen LogP) is 1.36. The number of ether oxygens (including phenoxy) is 3. The molecule has 0 fully saturated rings. The van der Waals surface area contributed by atoms with Crippen LogP contribution < -0.4 is 9.47 Å². The number of carbonyl (C=O) groups is 1. The molecule has 2 aliphatic heterocycles. The third kappa shape index (κ3) is 2.41. The number of fused-ring (bicyclic) bond motifs is 2. The van der Waals surface area contributed by atoms with Crippen LogP contribution in [-0.2, 0) is 24.8 Å². The Morgan fingerprint density at radius 1 is 1.38 bits per heavy atom. The third-order valence-electron chi connectivity index (χ3n) is 4.57. The second-order valence-corrected chi connectivity index (χ2v) is 6.06. The van der Waals surface area contributed by atoms with Crippen LogP contribution in [0.5, 0.6) is 11.5 Å². The van der Waals surface area contributed by atoms with E-state index in [4.69, 9.17) is 14.2 Å². The van der Waals surface area contributed by atoms with Gasteiger partial charge in [0.1, 0.15) is 0 Å². The molecule has 4 rings (SSSR count). The summed E-state index contributed by atoms with van der Waals surface area (Å²) in [6.45, 7) is 1.17. The van der Waals surface area contributed by atoms with Gasteiger partial charge in [-0.25, -0.2) is 4.98 Å². The number of benzene rings is 1. The maximum absolute atomic E-state index is 13.0. The topological polar surface area (TPSA) is 65.8 Å². The van der Waals surface area contributed by atoms with E-state index in [9.17, 15) is 4.79 Å². The first-order chi connectivity index (χ1) is 11.7. The summed E-state index contributed by atoms with van der Waals surface area (Å²) in [6.07, 6.45) is 2.53. The molecule has 7 heteroatoms. The van der Waals surface area contributed by atoms with Gasteiger partial charge in [-0.3, -0.25) is 4.79 Å². The number of carbonyl (C=O) groups excluding carboxylic acids is 1. The van der Waals surface area contributed by atoms with Gasteiger partial charge in [-0.1, -0.05) is 0 Å². The molecule has 3 heterocycles. The summed E-state index contributed by atoms with van der Waals surface area (Å²) in [4.78, 5) is 19.3. The first-order valence-electron chi connectivity index (χ1n) is 7.86. The molecule has 1 amide bonds. The molecule has 0 bridgehead atoms. The summed E-state index contributed by atoms with van der Waals surface area (Å²) in [5.74, 6) is 1.23. The molecule has 1 aromatic heterocycles. The fourth-order valence-corrected chi connectivity index (χ4v) is 3.30. The normalized spacial score (nSPS) is 18.6. The molecule has 0 spiro atoms. The lowest BCUT2D eigenvalue weighted by molar-refractivity contribution is 0.0467. The van der Waals surface area contributed by atoms with Gasteiger partial charge < -0.3 is 23.7 Å². The number of aryl methyl sites for hydroxylation is 1. The number of aromatic nitrogens is 2. The van der Waals surface area contributed by atoms with Crippen molar-refractivity contribution in [3.63, 3.8) is 0 Å². The number of methoxy groups -OCH3 is 1. The number of imidazole rings is 1. The van der Waals surface area contributed by atoms with E-state index < -0.39 is 0 Å². The van der Waals surface area contributed by atoms with Crippen molar-refractivity contribution < 1.29 is 19.0 Å². The lowest BCUT2D eigenvalue weighted by Crippen LogP contribution is -2.47. The van der Waals surface area contributed by atoms with Crippen molar-refractivity contribution in [2.75, 3.05) is 20.5 Å². The zero-order chi connectivity index (χ0) is 16.7. The van der Waals surface area contributed by atoms with E-state index in [1.54, 1.807) is 31.6 Å². The number of hydrogen-bond donors (Lipinski definition) is 0. The van der Waals surface area contributed by atoms with Crippen molar-refractivity contribution in [1.82, 2.24) is 14.5 Å². The van der Waals surface area contributed by atoms with Crippen LogP contribution in [0.2, 0.25) is 0 Å². The highest BCUT2D eigenvalue weighted by molar-refractivity contribution is 5.95. The van der Waals surface area contributed by atoms with E-state index in [1.807, 2.05) is 16.5 Å². The van der Waals surface area contributed by atoms with Gasteiger partial charge >= 0.3 is 0 Å². The molecular formula is C17H19N3O4. The molecule has 0 saturated carbocycles. The van der Waals surface area contributed by atoms with Crippen molar-refractivity contribution >= 4 is 5.91 Å². The molecule has 24 heavy (non-hydrogen) atoms. The average Bonchev–Trinajstić information content (AvgIpc) is 3.20. The van der Waals surface area contributed by atoms with Crippen molar-refractivity contribution in [1.29, 1.82) is 0 Å². The number of rotatable bonds is 3. The van der Waals surface area contributed by atoms with E-state index in [0.717, 1.165) is 17.8 Å². The maximum atomic E-state index is 13.0. The second kappa shape index (κ2) is 5.83. The van der Waals surface area contributed by atoms with Gasteiger partial charge in [0.25, 0.3) is 5.91 Å². The summed E-state index contributed by atoms with van der Waals surface area (Å²) in [6, 6.07) is 5.27. The van der Waals surface area contributed by atoms with E-state index >= 15 is 0 Å².